The molecule has 0 aliphatic carbocycles. The van der Waals surface area contributed by atoms with Crippen LogP contribution in [0.5, 0.6) is 0 Å². The lowest BCUT2D eigenvalue weighted by Gasteiger charge is -1.93. The minimum absolute atomic E-state index is 0.0646. The Labute approximate surface area is 65.6 Å². The fraction of sp³-hybridized carbons (Fsp3) is 0.375. The second-order valence-corrected chi connectivity index (χ2v) is 2.60. The molecule has 0 amide bonds. The summed E-state index contributed by atoms with van der Waals surface area (Å²) in [7, 11) is 0. The molecule has 1 heterocycles. The number of hydrogen-bond donors (Lipinski definition) is 2. The van der Waals surface area contributed by atoms with Crippen LogP contribution in [0.1, 0.15) is 28.7 Å². The van der Waals surface area contributed by atoms with Crippen LogP contribution in [0.4, 0.5) is 0 Å². The van der Waals surface area contributed by atoms with E-state index in [0.717, 1.165) is 11.4 Å². The number of ketones is 1. The highest BCUT2D eigenvalue weighted by molar-refractivity contribution is 5.95. The van der Waals surface area contributed by atoms with Crippen molar-refractivity contribution in [2.45, 2.75) is 20.4 Å². The topological polar surface area (TPSA) is 58.9 Å². The molecule has 1 aromatic rings. The first-order valence-corrected chi connectivity index (χ1v) is 3.54. The van der Waals surface area contributed by atoms with E-state index in [2.05, 4.69) is 4.98 Å². The Kier molecular flexibility index (Phi) is 2.10. The zero-order valence-corrected chi connectivity index (χ0v) is 6.77. The molecule has 1 rings (SSSR count). The molecule has 0 aliphatic heterocycles. The van der Waals surface area contributed by atoms with Crippen LogP contribution in [-0.2, 0) is 6.54 Å². The molecule has 0 bridgehead atoms. The highest BCUT2D eigenvalue weighted by atomic mass is 16.1. The van der Waals surface area contributed by atoms with Crippen molar-refractivity contribution in [1.29, 1.82) is 0 Å². The molecule has 3 heteroatoms. The summed E-state index contributed by atoms with van der Waals surface area (Å²) in [4.78, 5) is 14.0. The van der Waals surface area contributed by atoms with Gasteiger partial charge in [-0.05, 0) is 19.9 Å². The highest BCUT2D eigenvalue weighted by Gasteiger charge is 2.07. The Hall–Kier alpha value is -1.09. The van der Waals surface area contributed by atoms with Gasteiger partial charge >= 0.3 is 0 Å². The first kappa shape index (κ1) is 8.01. The first-order chi connectivity index (χ1) is 5.15. The summed E-state index contributed by atoms with van der Waals surface area (Å²) in [6, 6.07) is 1.82. The average molecular weight is 152 g/mol. The Bertz CT molecular complexity index is 276. The Morgan fingerprint density at radius 2 is 2.36 bits per heavy atom. The van der Waals surface area contributed by atoms with E-state index in [-0.39, 0.29) is 5.78 Å². The van der Waals surface area contributed by atoms with Crippen molar-refractivity contribution in [3.05, 3.63) is 23.0 Å². The van der Waals surface area contributed by atoms with Gasteiger partial charge in [-0.2, -0.15) is 0 Å². The molecule has 0 fully saturated rings. The number of H-pyrrole nitrogens is 1. The maximum absolute atomic E-state index is 11.0. The van der Waals surface area contributed by atoms with Crippen LogP contribution in [0.25, 0.3) is 0 Å². The molecule has 0 atom stereocenters. The molecule has 3 N–H and O–H groups in total. The maximum atomic E-state index is 11.0. The van der Waals surface area contributed by atoms with E-state index in [1.54, 1.807) is 6.92 Å². The highest BCUT2D eigenvalue weighted by Crippen LogP contribution is 2.09. The van der Waals surface area contributed by atoms with Crippen LogP contribution >= 0.6 is 0 Å². The van der Waals surface area contributed by atoms with Gasteiger partial charge in [0.2, 0.25) is 0 Å². The summed E-state index contributed by atoms with van der Waals surface area (Å²) >= 11 is 0. The van der Waals surface area contributed by atoms with Crippen LogP contribution in [0.15, 0.2) is 6.07 Å². The predicted octanol–water partition coefficient (Wildman–Crippen LogP) is 0.984. The number of nitrogens with two attached hydrogens (primary N) is 1. The lowest BCUT2D eigenvalue weighted by atomic mass is 10.2. The molecule has 11 heavy (non-hydrogen) atoms. The molecule has 0 aromatic carbocycles. The third kappa shape index (κ3) is 1.49. The van der Waals surface area contributed by atoms with Gasteiger partial charge in [-0.3, -0.25) is 4.79 Å². The SMILES string of the molecule is CC(=O)c1cc(C)[nH]c1CN. The quantitative estimate of drug-likeness (QED) is 0.621. The summed E-state index contributed by atoms with van der Waals surface area (Å²) in [6.07, 6.45) is 0. The fourth-order valence-corrected chi connectivity index (χ4v) is 1.12. The van der Waals surface area contributed by atoms with Crippen LogP contribution in [0.2, 0.25) is 0 Å². The Morgan fingerprint density at radius 1 is 1.73 bits per heavy atom. The first-order valence-electron chi connectivity index (χ1n) is 3.54. The number of aromatic nitrogens is 1. The van der Waals surface area contributed by atoms with Gasteiger partial charge in [-0.15, -0.1) is 0 Å². The van der Waals surface area contributed by atoms with E-state index in [1.807, 2.05) is 13.0 Å². The monoisotopic (exact) mass is 152 g/mol. The van der Waals surface area contributed by atoms with Gasteiger partial charge in [-0.1, -0.05) is 0 Å². The molecule has 0 saturated heterocycles. The van der Waals surface area contributed by atoms with E-state index in [9.17, 15) is 4.79 Å². The van der Waals surface area contributed by atoms with E-state index < -0.39 is 0 Å². The standard InChI is InChI=1S/C8H12N2O/c1-5-3-7(6(2)11)8(4-9)10-5/h3,10H,4,9H2,1-2H3. The van der Waals surface area contributed by atoms with Crippen molar-refractivity contribution in [1.82, 2.24) is 4.98 Å². The number of aryl methyl sites for hydroxylation is 1. The molecule has 3 nitrogen and oxygen atoms in total. The molecule has 0 spiro atoms. The summed E-state index contributed by atoms with van der Waals surface area (Å²) in [6.45, 7) is 3.84. The third-order valence-corrected chi connectivity index (χ3v) is 1.62. The van der Waals surface area contributed by atoms with Gasteiger partial charge < -0.3 is 10.7 Å². The zero-order valence-electron chi connectivity index (χ0n) is 6.77. The van der Waals surface area contributed by atoms with Crippen LogP contribution < -0.4 is 5.73 Å². The number of carbonyl (C=O) groups excluding carboxylic acids is 1. The van der Waals surface area contributed by atoms with Crippen molar-refractivity contribution in [2.24, 2.45) is 5.73 Å². The number of rotatable bonds is 2. The summed E-state index contributed by atoms with van der Waals surface area (Å²) in [5, 5.41) is 0. The van der Waals surface area contributed by atoms with E-state index in [1.165, 1.54) is 0 Å². The summed E-state index contributed by atoms with van der Waals surface area (Å²) in [5.41, 5.74) is 7.94. The largest absolute Gasteiger partial charge is 0.361 e. The van der Waals surface area contributed by atoms with Crippen molar-refractivity contribution >= 4 is 5.78 Å². The molecule has 0 saturated carbocycles. The Morgan fingerprint density at radius 3 is 2.73 bits per heavy atom. The van der Waals surface area contributed by atoms with Crippen molar-refractivity contribution < 1.29 is 4.79 Å². The van der Waals surface area contributed by atoms with Crippen LogP contribution in [-0.4, -0.2) is 10.8 Å². The van der Waals surface area contributed by atoms with Crippen molar-refractivity contribution in [3.8, 4) is 0 Å². The molecular weight excluding hydrogens is 140 g/mol. The number of aromatic amines is 1. The lowest BCUT2D eigenvalue weighted by Crippen LogP contribution is -2.02. The molecule has 60 valence electrons. The van der Waals surface area contributed by atoms with E-state index >= 15 is 0 Å². The number of nitrogens with one attached hydrogen (secondary N) is 1. The molecular formula is C8H12N2O. The minimum atomic E-state index is 0.0646. The van der Waals surface area contributed by atoms with E-state index in [4.69, 9.17) is 5.73 Å². The number of hydrogen-bond acceptors (Lipinski definition) is 2. The van der Waals surface area contributed by atoms with Gasteiger partial charge in [0.05, 0.1) is 0 Å². The predicted molar refractivity (Wildman–Crippen MR) is 43.4 cm³/mol. The second-order valence-electron chi connectivity index (χ2n) is 2.60. The number of Topliss-reactive ketones (excluding diaryl/α,β-unsaturated/α-hetero) is 1. The van der Waals surface area contributed by atoms with Gasteiger partial charge in [0.25, 0.3) is 0 Å². The van der Waals surface area contributed by atoms with Gasteiger partial charge in [0.15, 0.2) is 5.78 Å². The van der Waals surface area contributed by atoms with E-state index in [0.29, 0.717) is 12.1 Å². The molecule has 0 unspecified atom stereocenters. The van der Waals surface area contributed by atoms with Gasteiger partial charge in [0, 0.05) is 23.5 Å². The van der Waals surface area contributed by atoms with Gasteiger partial charge in [0.1, 0.15) is 0 Å². The fourth-order valence-electron chi connectivity index (χ4n) is 1.12. The van der Waals surface area contributed by atoms with Crippen LogP contribution in [0, 0.1) is 6.92 Å². The normalized spacial score (nSPS) is 10.1. The van der Waals surface area contributed by atoms with Crippen molar-refractivity contribution in [2.75, 3.05) is 0 Å². The molecule has 1 aromatic heterocycles. The number of carbonyl (C=O) groups is 1. The third-order valence-electron chi connectivity index (χ3n) is 1.62. The average Bonchev–Trinajstić information content (AvgIpc) is 2.30. The second kappa shape index (κ2) is 2.88. The summed E-state index contributed by atoms with van der Waals surface area (Å²) < 4.78 is 0. The lowest BCUT2D eigenvalue weighted by molar-refractivity contribution is 0.101. The Balaban J connectivity index is 3.12. The maximum Gasteiger partial charge on any atom is 0.161 e. The molecule has 0 aliphatic rings. The van der Waals surface area contributed by atoms with Crippen LogP contribution in [0.3, 0.4) is 0 Å². The van der Waals surface area contributed by atoms with Gasteiger partial charge in [-0.25, -0.2) is 0 Å². The van der Waals surface area contributed by atoms with Crippen molar-refractivity contribution in [3.63, 3.8) is 0 Å². The summed E-state index contributed by atoms with van der Waals surface area (Å²) in [5.74, 6) is 0.0646. The minimum Gasteiger partial charge on any atom is -0.361 e. The molecule has 0 radical (unpaired) electrons. The zero-order chi connectivity index (χ0) is 8.43. The smallest absolute Gasteiger partial charge is 0.161 e.